The van der Waals surface area contributed by atoms with Gasteiger partial charge in [-0.15, -0.1) is 6.58 Å². The molecule has 0 saturated carbocycles. The highest BCUT2D eigenvalue weighted by Gasteiger charge is 2.21. The monoisotopic (exact) mass is 264 g/mol. The maximum atomic E-state index is 11.0. The third-order valence-corrected chi connectivity index (χ3v) is 2.87. The topological polar surface area (TPSA) is 83.7 Å². The van der Waals surface area contributed by atoms with Gasteiger partial charge in [0.2, 0.25) is 0 Å². The summed E-state index contributed by atoms with van der Waals surface area (Å²) in [7, 11) is 0. The Labute approximate surface area is 111 Å². The first-order valence-electron chi connectivity index (χ1n) is 5.80. The molecule has 0 aliphatic carbocycles. The molecule has 0 heterocycles. The summed E-state index contributed by atoms with van der Waals surface area (Å²) < 4.78 is 0. The Balaban J connectivity index is 3.47. The minimum absolute atomic E-state index is 0.0881. The Morgan fingerprint density at radius 2 is 2.21 bits per heavy atom. The molecule has 0 bridgehead atoms. The molecule has 0 aliphatic rings. The second-order valence-electron chi connectivity index (χ2n) is 4.03. The van der Waals surface area contributed by atoms with Crippen molar-refractivity contribution in [2.45, 2.75) is 13.8 Å². The molecule has 6 nitrogen and oxygen atoms in total. The lowest BCUT2D eigenvalue weighted by Crippen LogP contribution is -2.24. The first-order valence-corrected chi connectivity index (χ1v) is 5.80. The van der Waals surface area contributed by atoms with Crippen LogP contribution in [-0.2, 0) is 0 Å². The molecule has 0 aromatic heterocycles. The zero-order valence-electron chi connectivity index (χ0n) is 10.9. The van der Waals surface area contributed by atoms with Gasteiger partial charge in [0.25, 0.3) is 5.69 Å². The van der Waals surface area contributed by atoms with Gasteiger partial charge in [0, 0.05) is 24.8 Å². The van der Waals surface area contributed by atoms with Gasteiger partial charge in [0.15, 0.2) is 0 Å². The zero-order chi connectivity index (χ0) is 14.6. The van der Waals surface area contributed by atoms with E-state index in [4.69, 9.17) is 5.11 Å². The molecule has 19 heavy (non-hydrogen) atoms. The van der Waals surface area contributed by atoms with Crippen molar-refractivity contribution in [1.82, 2.24) is 0 Å². The van der Waals surface area contributed by atoms with E-state index in [1.54, 1.807) is 13.0 Å². The summed E-state index contributed by atoms with van der Waals surface area (Å²) in [6.07, 6.45) is 1.67. The van der Waals surface area contributed by atoms with Crippen molar-refractivity contribution in [1.29, 1.82) is 0 Å². The summed E-state index contributed by atoms with van der Waals surface area (Å²) >= 11 is 0. The van der Waals surface area contributed by atoms with Gasteiger partial charge in [-0.1, -0.05) is 6.08 Å². The molecule has 1 rings (SSSR count). The van der Waals surface area contributed by atoms with Crippen LogP contribution < -0.4 is 4.90 Å². The third kappa shape index (κ3) is 3.09. The van der Waals surface area contributed by atoms with Gasteiger partial charge in [-0.3, -0.25) is 10.1 Å². The van der Waals surface area contributed by atoms with Crippen LogP contribution >= 0.6 is 0 Å². The predicted octanol–water partition coefficient (Wildman–Crippen LogP) is 2.61. The molecule has 1 N–H and O–H groups in total. The molecule has 102 valence electrons. The van der Waals surface area contributed by atoms with Crippen LogP contribution in [0.5, 0.6) is 0 Å². The number of hydrogen-bond donors (Lipinski definition) is 1. The van der Waals surface area contributed by atoms with Crippen molar-refractivity contribution in [3.8, 4) is 0 Å². The second kappa shape index (κ2) is 5.99. The number of carboxylic acid groups (broad SMARTS) is 1. The minimum Gasteiger partial charge on any atom is -0.478 e. The molecular weight excluding hydrogens is 248 g/mol. The lowest BCUT2D eigenvalue weighted by Gasteiger charge is -2.23. The predicted molar refractivity (Wildman–Crippen MR) is 72.9 cm³/mol. The van der Waals surface area contributed by atoms with Gasteiger partial charge < -0.3 is 10.0 Å². The molecule has 0 unspecified atom stereocenters. The number of anilines is 1. The van der Waals surface area contributed by atoms with E-state index in [0.717, 1.165) is 6.07 Å². The third-order valence-electron chi connectivity index (χ3n) is 2.87. The van der Waals surface area contributed by atoms with Crippen molar-refractivity contribution >= 4 is 17.3 Å². The van der Waals surface area contributed by atoms with Crippen molar-refractivity contribution in [3.05, 3.63) is 46.0 Å². The maximum absolute atomic E-state index is 11.0. The second-order valence-corrected chi connectivity index (χ2v) is 4.03. The summed E-state index contributed by atoms with van der Waals surface area (Å²) in [5.74, 6) is -1.18. The number of benzene rings is 1. The Bertz CT molecular complexity index is 526. The van der Waals surface area contributed by atoms with Gasteiger partial charge in [-0.2, -0.15) is 0 Å². The van der Waals surface area contributed by atoms with E-state index in [1.807, 2.05) is 11.8 Å². The number of likely N-dealkylation sites (N-methyl/N-ethyl adjacent to an activating group) is 1. The Morgan fingerprint density at radius 1 is 1.58 bits per heavy atom. The number of aromatic carboxylic acids is 1. The molecule has 0 fully saturated rings. The van der Waals surface area contributed by atoms with Gasteiger partial charge in [-0.05, 0) is 19.9 Å². The number of carboxylic acids is 1. The van der Waals surface area contributed by atoms with E-state index in [0.29, 0.717) is 24.3 Å². The van der Waals surface area contributed by atoms with E-state index < -0.39 is 10.9 Å². The summed E-state index contributed by atoms with van der Waals surface area (Å²) in [5.41, 5.74) is 0.736. The molecule has 0 atom stereocenters. The van der Waals surface area contributed by atoms with Gasteiger partial charge in [0.1, 0.15) is 0 Å². The summed E-state index contributed by atoms with van der Waals surface area (Å²) in [6.45, 7) is 8.24. The van der Waals surface area contributed by atoms with E-state index in [2.05, 4.69) is 6.58 Å². The summed E-state index contributed by atoms with van der Waals surface area (Å²) in [6, 6.07) is 2.54. The quantitative estimate of drug-likeness (QED) is 0.485. The average molecular weight is 264 g/mol. The number of carbonyl (C=O) groups is 1. The summed E-state index contributed by atoms with van der Waals surface area (Å²) in [5, 5.41) is 20.0. The van der Waals surface area contributed by atoms with E-state index in [-0.39, 0.29) is 11.3 Å². The van der Waals surface area contributed by atoms with Gasteiger partial charge in [0.05, 0.1) is 16.1 Å². The van der Waals surface area contributed by atoms with Crippen LogP contribution in [0.1, 0.15) is 22.8 Å². The minimum atomic E-state index is -1.18. The molecule has 0 amide bonds. The molecule has 0 saturated heterocycles. The van der Waals surface area contributed by atoms with Crippen molar-refractivity contribution in [2.24, 2.45) is 0 Å². The lowest BCUT2D eigenvalue weighted by atomic mass is 10.1. The van der Waals surface area contributed by atoms with Crippen molar-refractivity contribution in [2.75, 3.05) is 18.0 Å². The zero-order valence-corrected chi connectivity index (χ0v) is 10.9. The number of rotatable bonds is 6. The molecule has 1 aromatic carbocycles. The van der Waals surface area contributed by atoms with Crippen LogP contribution in [-0.4, -0.2) is 29.1 Å². The Morgan fingerprint density at radius 3 is 2.63 bits per heavy atom. The standard InChI is InChI=1S/C13H16N2O4/c1-4-6-14(5-2)11-7-10(13(16)17)8-12(9(11)3)15(18)19/h4,7-8H,1,5-6H2,2-3H3,(H,16,17). The van der Waals surface area contributed by atoms with Gasteiger partial charge >= 0.3 is 5.97 Å². The van der Waals surface area contributed by atoms with Crippen molar-refractivity contribution in [3.63, 3.8) is 0 Å². The number of nitro benzene ring substituents is 1. The van der Waals surface area contributed by atoms with Gasteiger partial charge in [-0.25, -0.2) is 4.79 Å². The van der Waals surface area contributed by atoms with Crippen LogP contribution in [0, 0.1) is 17.0 Å². The number of nitro groups is 1. The summed E-state index contributed by atoms with van der Waals surface area (Å²) in [4.78, 5) is 23.3. The highest BCUT2D eigenvalue weighted by Crippen LogP contribution is 2.30. The molecular formula is C13H16N2O4. The fourth-order valence-electron chi connectivity index (χ4n) is 1.88. The largest absolute Gasteiger partial charge is 0.478 e. The lowest BCUT2D eigenvalue weighted by molar-refractivity contribution is -0.385. The van der Waals surface area contributed by atoms with E-state index >= 15 is 0 Å². The highest BCUT2D eigenvalue weighted by molar-refractivity contribution is 5.90. The molecule has 0 spiro atoms. The highest BCUT2D eigenvalue weighted by atomic mass is 16.6. The average Bonchev–Trinajstić information content (AvgIpc) is 2.35. The molecule has 1 aromatic rings. The fraction of sp³-hybridized carbons (Fsp3) is 0.308. The Hall–Kier alpha value is -2.37. The number of nitrogens with zero attached hydrogens (tertiary/aromatic N) is 2. The van der Waals surface area contributed by atoms with Crippen LogP contribution in [0.4, 0.5) is 11.4 Å². The number of hydrogen-bond acceptors (Lipinski definition) is 4. The Kier molecular flexibility index (Phi) is 4.63. The SMILES string of the molecule is C=CCN(CC)c1cc(C(=O)O)cc([N+](=O)[O-])c1C. The van der Waals surface area contributed by atoms with E-state index in [1.165, 1.54) is 6.07 Å². The first-order chi connectivity index (χ1) is 8.92. The van der Waals surface area contributed by atoms with Crippen LogP contribution in [0.2, 0.25) is 0 Å². The molecule has 0 aliphatic heterocycles. The van der Waals surface area contributed by atoms with Crippen LogP contribution in [0.15, 0.2) is 24.8 Å². The molecule has 0 radical (unpaired) electrons. The first kappa shape index (κ1) is 14.7. The fourth-order valence-corrected chi connectivity index (χ4v) is 1.88. The van der Waals surface area contributed by atoms with Crippen LogP contribution in [0.25, 0.3) is 0 Å². The molecule has 6 heteroatoms. The maximum Gasteiger partial charge on any atom is 0.336 e. The normalized spacial score (nSPS) is 10.0. The van der Waals surface area contributed by atoms with Crippen molar-refractivity contribution < 1.29 is 14.8 Å². The van der Waals surface area contributed by atoms with E-state index in [9.17, 15) is 14.9 Å². The van der Waals surface area contributed by atoms with Crippen LogP contribution in [0.3, 0.4) is 0 Å². The smallest absolute Gasteiger partial charge is 0.336 e.